The number of unbranched alkanes of at least 4 members (excludes halogenated alkanes) is 8. The Morgan fingerprint density at radius 2 is 1.65 bits per heavy atom. The number of rotatable bonds is 12. The summed E-state index contributed by atoms with van der Waals surface area (Å²) in [6, 6.07) is 4.51. The van der Waals surface area contributed by atoms with Crippen LogP contribution in [-0.4, -0.2) is 11.9 Å². The predicted octanol–water partition coefficient (Wildman–Crippen LogP) is 6.59. The molecular formula is C21H28BrFO3. The first-order valence-corrected chi connectivity index (χ1v) is 10.2. The van der Waals surface area contributed by atoms with Crippen molar-refractivity contribution >= 4 is 33.9 Å². The lowest BCUT2D eigenvalue weighted by atomic mass is 10.1. The van der Waals surface area contributed by atoms with Crippen molar-refractivity contribution < 1.29 is 18.7 Å². The fraction of sp³-hybridized carbons (Fsp3) is 0.524. The van der Waals surface area contributed by atoms with Gasteiger partial charge in [-0.05, 0) is 24.6 Å². The average molecular weight is 427 g/mol. The summed E-state index contributed by atoms with van der Waals surface area (Å²) in [4.78, 5) is 23.2. The number of carbonyl (C=O) groups excluding carboxylic acids is 2. The van der Waals surface area contributed by atoms with E-state index in [1.807, 2.05) is 0 Å². The van der Waals surface area contributed by atoms with Gasteiger partial charge in [-0.1, -0.05) is 80.3 Å². The summed E-state index contributed by atoms with van der Waals surface area (Å²) in [5.41, 5.74) is 0.261. The molecule has 0 aliphatic carbocycles. The number of hydrogen-bond acceptors (Lipinski definition) is 3. The Kier molecular flexibility index (Phi) is 11.9. The molecule has 0 heterocycles. The van der Waals surface area contributed by atoms with Gasteiger partial charge < -0.3 is 4.74 Å². The molecule has 0 aliphatic rings. The maximum atomic E-state index is 13.6. The van der Waals surface area contributed by atoms with Gasteiger partial charge in [0.15, 0.2) is 0 Å². The van der Waals surface area contributed by atoms with Crippen LogP contribution in [0.1, 0.15) is 76.7 Å². The van der Waals surface area contributed by atoms with Gasteiger partial charge in [-0.15, -0.1) is 0 Å². The van der Waals surface area contributed by atoms with Gasteiger partial charge in [0.1, 0.15) is 5.82 Å². The molecule has 0 radical (unpaired) electrons. The largest absolute Gasteiger partial charge is 0.390 e. The molecule has 26 heavy (non-hydrogen) atoms. The topological polar surface area (TPSA) is 43.4 Å². The first kappa shape index (κ1) is 22.6. The minimum absolute atomic E-state index is 0.238. The Balaban J connectivity index is 2.14. The molecule has 1 aromatic rings. The molecule has 0 aliphatic heterocycles. The number of benzene rings is 1. The highest BCUT2D eigenvalue weighted by Crippen LogP contribution is 2.16. The maximum absolute atomic E-state index is 13.6. The van der Waals surface area contributed by atoms with Gasteiger partial charge in [0, 0.05) is 22.5 Å². The molecule has 0 N–H and O–H groups in total. The van der Waals surface area contributed by atoms with E-state index in [4.69, 9.17) is 4.74 Å². The lowest BCUT2D eigenvalue weighted by Crippen LogP contribution is -2.09. The molecule has 0 aromatic heterocycles. The molecule has 0 spiro atoms. The SMILES string of the molecule is CCCCCCCCCCCC(=O)OC(=O)C=Cc1ccc(Br)cc1F. The molecule has 0 atom stereocenters. The third kappa shape index (κ3) is 10.5. The second kappa shape index (κ2) is 13.7. The molecule has 144 valence electrons. The minimum Gasteiger partial charge on any atom is -0.390 e. The van der Waals surface area contributed by atoms with E-state index in [-0.39, 0.29) is 12.0 Å². The first-order chi connectivity index (χ1) is 12.5. The van der Waals surface area contributed by atoms with Crippen LogP contribution < -0.4 is 0 Å². The van der Waals surface area contributed by atoms with E-state index in [1.54, 1.807) is 6.07 Å². The lowest BCUT2D eigenvalue weighted by molar-refractivity contribution is -0.156. The molecule has 5 heteroatoms. The second-order valence-electron chi connectivity index (χ2n) is 6.37. The first-order valence-electron chi connectivity index (χ1n) is 9.40. The summed E-state index contributed by atoms with van der Waals surface area (Å²) in [5.74, 6) is -1.75. The van der Waals surface area contributed by atoms with Crippen molar-refractivity contribution in [3.8, 4) is 0 Å². The zero-order valence-corrected chi connectivity index (χ0v) is 17.0. The van der Waals surface area contributed by atoms with Crippen LogP contribution in [0, 0.1) is 5.82 Å². The van der Waals surface area contributed by atoms with Gasteiger partial charge in [-0.2, -0.15) is 0 Å². The molecule has 0 amide bonds. The molecule has 1 aromatic carbocycles. The predicted molar refractivity (Wildman–Crippen MR) is 106 cm³/mol. The summed E-state index contributed by atoms with van der Waals surface area (Å²) in [7, 11) is 0. The summed E-state index contributed by atoms with van der Waals surface area (Å²) in [5, 5.41) is 0. The Hall–Kier alpha value is -1.49. The van der Waals surface area contributed by atoms with E-state index in [0.29, 0.717) is 4.47 Å². The standard InChI is InChI=1S/C21H28BrFO3/c1-2-3-4-5-6-7-8-9-10-11-20(24)26-21(25)15-13-17-12-14-18(22)16-19(17)23/h12-16H,2-11H2,1H3. The molecule has 0 saturated carbocycles. The number of halogens is 2. The molecule has 3 nitrogen and oxygen atoms in total. The van der Waals surface area contributed by atoms with Gasteiger partial charge in [0.25, 0.3) is 0 Å². The van der Waals surface area contributed by atoms with Crippen molar-refractivity contribution in [3.63, 3.8) is 0 Å². The van der Waals surface area contributed by atoms with E-state index in [1.165, 1.54) is 56.7 Å². The van der Waals surface area contributed by atoms with Crippen LogP contribution in [0.15, 0.2) is 28.7 Å². The molecule has 0 saturated heterocycles. The average Bonchev–Trinajstić information content (AvgIpc) is 2.59. The number of ether oxygens (including phenoxy) is 1. The second-order valence-corrected chi connectivity index (χ2v) is 7.29. The van der Waals surface area contributed by atoms with Crippen molar-refractivity contribution in [2.45, 2.75) is 71.1 Å². The molecule has 0 bridgehead atoms. The molecular weight excluding hydrogens is 399 g/mol. The number of hydrogen-bond donors (Lipinski definition) is 0. The van der Waals surface area contributed by atoms with Crippen LogP contribution in [0.2, 0.25) is 0 Å². The fourth-order valence-electron chi connectivity index (χ4n) is 2.57. The molecule has 0 unspecified atom stereocenters. The van der Waals surface area contributed by atoms with E-state index in [0.717, 1.165) is 25.3 Å². The highest BCUT2D eigenvalue weighted by molar-refractivity contribution is 9.10. The summed E-state index contributed by atoms with van der Waals surface area (Å²) < 4.78 is 18.9. The van der Waals surface area contributed by atoms with Gasteiger partial charge >= 0.3 is 11.9 Å². The fourth-order valence-corrected chi connectivity index (χ4v) is 2.90. The van der Waals surface area contributed by atoms with Gasteiger partial charge in [-0.25, -0.2) is 9.18 Å². The van der Waals surface area contributed by atoms with Crippen LogP contribution in [0.25, 0.3) is 6.08 Å². The summed E-state index contributed by atoms with van der Waals surface area (Å²) in [6.45, 7) is 2.21. The Morgan fingerprint density at radius 1 is 1.04 bits per heavy atom. The van der Waals surface area contributed by atoms with Crippen molar-refractivity contribution in [3.05, 3.63) is 40.1 Å². The molecule has 1 rings (SSSR count). The van der Waals surface area contributed by atoms with Crippen LogP contribution in [0.3, 0.4) is 0 Å². The highest BCUT2D eigenvalue weighted by atomic mass is 79.9. The van der Waals surface area contributed by atoms with Crippen molar-refractivity contribution in [1.29, 1.82) is 0 Å². The van der Waals surface area contributed by atoms with Crippen LogP contribution in [0.4, 0.5) is 4.39 Å². The van der Waals surface area contributed by atoms with Gasteiger partial charge in [-0.3, -0.25) is 4.79 Å². The maximum Gasteiger partial charge on any atom is 0.338 e. The number of esters is 2. The Morgan fingerprint density at radius 3 is 2.27 bits per heavy atom. The van der Waals surface area contributed by atoms with E-state index in [9.17, 15) is 14.0 Å². The summed E-state index contributed by atoms with van der Waals surface area (Å²) in [6.07, 6.45) is 13.0. The monoisotopic (exact) mass is 426 g/mol. The van der Waals surface area contributed by atoms with Crippen molar-refractivity contribution in [2.75, 3.05) is 0 Å². The highest BCUT2D eigenvalue weighted by Gasteiger charge is 2.08. The van der Waals surface area contributed by atoms with Gasteiger partial charge in [0.2, 0.25) is 0 Å². The summed E-state index contributed by atoms with van der Waals surface area (Å²) >= 11 is 3.16. The zero-order chi connectivity index (χ0) is 19.2. The smallest absolute Gasteiger partial charge is 0.338 e. The normalized spacial score (nSPS) is 11.0. The van der Waals surface area contributed by atoms with Crippen molar-refractivity contribution in [2.24, 2.45) is 0 Å². The van der Waals surface area contributed by atoms with Crippen LogP contribution in [0.5, 0.6) is 0 Å². The van der Waals surface area contributed by atoms with Crippen molar-refractivity contribution in [1.82, 2.24) is 0 Å². The van der Waals surface area contributed by atoms with E-state index < -0.39 is 17.8 Å². The number of carbonyl (C=O) groups is 2. The quantitative estimate of drug-likeness (QED) is 0.164. The minimum atomic E-state index is -0.770. The van der Waals surface area contributed by atoms with Gasteiger partial charge in [0.05, 0.1) is 0 Å². The molecule has 0 fully saturated rings. The van der Waals surface area contributed by atoms with E-state index >= 15 is 0 Å². The Labute approximate surface area is 164 Å². The van der Waals surface area contributed by atoms with Crippen LogP contribution >= 0.6 is 15.9 Å². The zero-order valence-electron chi connectivity index (χ0n) is 15.4. The third-order valence-corrected chi connectivity index (χ3v) is 4.55. The van der Waals surface area contributed by atoms with E-state index in [2.05, 4.69) is 22.9 Å². The van der Waals surface area contributed by atoms with Crippen LogP contribution in [-0.2, 0) is 14.3 Å². The lowest BCUT2D eigenvalue weighted by Gasteiger charge is -2.02. The third-order valence-electron chi connectivity index (χ3n) is 4.06. The Bertz CT molecular complexity index is 599.